The summed E-state index contributed by atoms with van der Waals surface area (Å²) in [6.07, 6.45) is 1.90. The van der Waals surface area contributed by atoms with Crippen molar-refractivity contribution in [2.75, 3.05) is 5.73 Å². The lowest BCUT2D eigenvalue weighted by Gasteiger charge is -2.15. The molecule has 2 aromatic rings. The first kappa shape index (κ1) is 11.7. The normalized spacial score (nSPS) is 11.8. The van der Waals surface area contributed by atoms with Crippen molar-refractivity contribution in [2.45, 2.75) is 33.1 Å². The fourth-order valence-electron chi connectivity index (χ4n) is 1.80. The van der Waals surface area contributed by atoms with Crippen LogP contribution in [0, 0.1) is 6.92 Å². The van der Waals surface area contributed by atoms with Crippen LogP contribution < -0.4 is 5.73 Å². The highest BCUT2D eigenvalue weighted by molar-refractivity contribution is 5.63. The van der Waals surface area contributed by atoms with Crippen LogP contribution in [-0.4, -0.2) is 9.97 Å². The van der Waals surface area contributed by atoms with Crippen molar-refractivity contribution < 1.29 is 0 Å². The molecule has 1 heterocycles. The fraction of sp³-hybridized carbons (Fsp3) is 0.357. The number of hydrogen-bond donors (Lipinski definition) is 2. The Bertz CT molecular complexity index is 512. The highest BCUT2D eigenvalue weighted by atomic mass is 14.9. The van der Waals surface area contributed by atoms with Crippen LogP contribution in [0.4, 0.5) is 5.69 Å². The Hall–Kier alpha value is -1.77. The Morgan fingerprint density at radius 2 is 1.88 bits per heavy atom. The molecule has 0 saturated carbocycles. The summed E-state index contributed by atoms with van der Waals surface area (Å²) in [5.41, 5.74) is 10.0. The molecule has 0 fully saturated rings. The molecule has 0 aliphatic carbocycles. The van der Waals surface area contributed by atoms with Gasteiger partial charge in [0.2, 0.25) is 0 Å². The summed E-state index contributed by atoms with van der Waals surface area (Å²) in [7, 11) is 0. The maximum absolute atomic E-state index is 5.85. The van der Waals surface area contributed by atoms with Gasteiger partial charge in [-0.3, -0.25) is 0 Å². The number of anilines is 1. The molecule has 0 atom stereocenters. The van der Waals surface area contributed by atoms with E-state index in [0.717, 1.165) is 28.3 Å². The number of hydrogen-bond acceptors (Lipinski definition) is 2. The lowest BCUT2D eigenvalue weighted by molar-refractivity contribution is 0.573. The van der Waals surface area contributed by atoms with E-state index in [1.54, 1.807) is 0 Å². The van der Waals surface area contributed by atoms with E-state index < -0.39 is 0 Å². The van der Waals surface area contributed by atoms with Crippen LogP contribution in [-0.2, 0) is 5.41 Å². The van der Waals surface area contributed by atoms with Crippen molar-refractivity contribution in [1.82, 2.24) is 9.97 Å². The van der Waals surface area contributed by atoms with E-state index in [4.69, 9.17) is 5.73 Å². The van der Waals surface area contributed by atoms with E-state index in [9.17, 15) is 0 Å². The summed E-state index contributed by atoms with van der Waals surface area (Å²) in [6.45, 7) is 8.52. The SMILES string of the molecule is Cc1cc(N)cc(-c2ncc(C(C)(C)C)[nH]2)c1. The molecule has 0 unspecified atom stereocenters. The number of benzene rings is 1. The number of nitrogens with two attached hydrogens (primary N) is 1. The molecule has 2 rings (SSSR count). The van der Waals surface area contributed by atoms with Crippen LogP contribution in [0.15, 0.2) is 24.4 Å². The van der Waals surface area contributed by atoms with Gasteiger partial charge in [-0.25, -0.2) is 4.98 Å². The summed E-state index contributed by atoms with van der Waals surface area (Å²) in [4.78, 5) is 7.78. The summed E-state index contributed by atoms with van der Waals surface area (Å²) in [5.74, 6) is 0.880. The first-order valence-electron chi connectivity index (χ1n) is 5.79. The van der Waals surface area contributed by atoms with E-state index in [-0.39, 0.29) is 5.41 Å². The molecular weight excluding hydrogens is 210 g/mol. The Labute approximate surface area is 102 Å². The van der Waals surface area contributed by atoms with Crippen LogP contribution >= 0.6 is 0 Å². The number of aromatic nitrogens is 2. The van der Waals surface area contributed by atoms with Crippen LogP contribution in [0.25, 0.3) is 11.4 Å². The predicted molar refractivity (Wildman–Crippen MR) is 71.9 cm³/mol. The van der Waals surface area contributed by atoms with Crippen molar-refractivity contribution in [1.29, 1.82) is 0 Å². The first-order valence-corrected chi connectivity index (χ1v) is 5.79. The number of nitrogens with zero attached hydrogens (tertiary/aromatic N) is 1. The minimum absolute atomic E-state index is 0.0839. The van der Waals surface area contributed by atoms with E-state index in [1.165, 1.54) is 0 Å². The quantitative estimate of drug-likeness (QED) is 0.737. The molecule has 0 radical (unpaired) electrons. The topological polar surface area (TPSA) is 54.7 Å². The lowest BCUT2D eigenvalue weighted by atomic mass is 9.93. The largest absolute Gasteiger partial charge is 0.399 e. The Morgan fingerprint density at radius 3 is 2.41 bits per heavy atom. The van der Waals surface area contributed by atoms with Gasteiger partial charge in [0.25, 0.3) is 0 Å². The zero-order valence-corrected chi connectivity index (χ0v) is 10.8. The van der Waals surface area contributed by atoms with Gasteiger partial charge in [-0.05, 0) is 30.7 Å². The van der Waals surface area contributed by atoms with Crippen molar-refractivity contribution in [2.24, 2.45) is 0 Å². The molecule has 3 nitrogen and oxygen atoms in total. The molecular formula is C14H19N3. The van der Waals surface area contributed by atoms with Gasteiger partial charge in [0.05, 0.1) is 0 Å². The van der Waals surface area contributed by atoms with Crippen molar-refractivity contribution in [3.63, 3.8) is 0 Å². The molecule has 0 aliphatic rings. The van der Waals surface area contributed by atoms with Gasteiger partial charge in [-0.2, -0.15) is 0 Å². The first-order chi connectivity index (χ1) is 7.86. The third-order valence-electron chi connectivity index (χ3n) is 2.76. The Morgan fingerprint density at radius 1 is 1.18 bits per heavy atom. The number of nitrogens with one attached hydrogen (secondary N) is 1. The highest BCUT2D eigenvalue weighted by Gasteiger charge is 2.16. The van der Waals surface area contributed by atoms with Gasteiger partial charge in [0.1, 0.15) is 5.82 Å². The van der Waals surface area contributed by atoms with Gasteiger partial charge in [-0.15, -0.1) is 0 Å². The van der Waals surface area contributed by atoms with E-state index in [2.05, 4.69) is 36.8 Å². The average molecular weight is 229 g/mol. The average Bonchev–Trinajstić information content (AvgIpc) is 2.63. The second kappa shape index (κ2) is 3.91. The van der Waals surface area contributed by atoms with E-state index in [0.29, 0.717) is 0 Å². The van der Waals surface area contributed by atoms with Crippen LogP contribution in [0.3, 0.4) is 0 Å². The van der Waals surface area contributed by atoms with Gasteiger partial charge in [0.15, 0.2) is 0 Å². The molecule has 1 aromatic carbocycles. The van der Waals surface area contributed by atoms with E-state index >= 15 is 0 Å². The number of H-pyrrole nitrogens is 1. The molecule has 0 amide bonds. The van der Waals surface area contributed by atoms with Crippen LogP contribution in [0.2, 0.25) is 0 Å². The third-order valence-corrected chi connectivity index (χ3v) is 2.76. The molecule has 0 bridgehead atoms. The van der Waals surface area contributed by atoms with Crippen LogP contribution in [0.1, 0.15) is 32.0 Å². The molecule has 0 spiro atoms. The van der Waals surface area contributed by atoms with Gasteiger partial charge < -0.3 is 10.7 Å². The van der Waals surface area contributed by atoms with Crippen molar-refractivity contribution in [3.05, 3.63) is 35.7 Å². The second-order valence-corrected chi connectivity index (χ2v) is 5.53. The molecule has 0 aliphatic heterocycles. The molecule has 17 heavy (non-hydrogen) atoms. The smallest absolute Gasteiger partial charge is 0.137 e. The molecule has 3 N–H and O–H groups in total. The van der Waals surface area contributed by atoms with Crippen LogP contribution in [0.5, 0.6) is 0 Å². The Kier molecular flexibility index (Phi) is 2.69. The molecule has 3 heteroatoms. The fourth-order valence-corrected chi connectivity index (χ4v) is 1.80. The minimum atomic E-state index is 0.0839. The number of rotatable bonds is 1. The number of nitrogen functional groups attached to an aromatic ring is 1. The third kappa shape index (κ3) is 2.49. The zero-order valence-electron chi connectivity index (χ0n) is 10.8. The van der Waals surface area contributed by atoms with Crippen molar-refractivity contribution in [3.8, 4) is 11.4 Å². The predicted octanol–water partition coefficient (Wildman–Crippen LogP) is 3.26. The highest BCUT2D eigenvalue weighted by Crippen LogP contribution is 2.25. The van der Waals surface area contributed by atoms with Gasteiger partial charge >= 0.3 is 0 Å². The summed E-state index contributed by atoms with van der Waals surface area (Å²) in [6, 6.07) is 5.98. The number of imidazole rings is 1. The maximum Gasteiger partial charge on any atom is 0.137 e. The monoisotopic (exact) mass is 229 g/mol. The number of aromatic amines is 1. The molecule has 1 aromatic heterocycles. The summed E-state index contributed by atoms with van der Waals surface area (Å²) >= 11 is 0. The summed E-state index contributed by atoms with van der Waals surface area (Å²) in [5, 5.41) is 0. The summed E-state index contributed by atoms with van der Waals surface area (Å²) < 4.78 is 0. The van der Waals surface area contributed by atoms with Crippen molar-refractivity contribution >= 4 is 5.69 Å². The number of aryl methyl sites for hydroxylation is 1. The van der Waals surface area contributed by atoms with Gasteiger partial charge in [-0.1, -0.05) is 20.8 Å². The van der Waals surface area contributed by atoms with Gasteiger partial charge in [0, 0.05) is 28.6 Å². The molecule has 90 valence electrons. The molecule has 0 saturated heterocycles. The standard InChI is InChI=1S/C14H19N3/c1-9-5-10(7-11(15)6-9)13-16-8-12(17-13)14(2,3)4/h5-8H,15H2,1-4H3,(H,16,17). The second-order valence-electron chi connectivity index (χ2n) is 5.53. The lowest BCUT2D eigenvalue weighted by Crippen LogP contribution is -2.11. The zero-order chi connectivity index (χ0) is 12.6. The Balaban J connectivity index is 2.44. The van der Waals surface area contributed by atoms with E-state index in [1.807, 2.05) is 25.3 Å². The maximum atomic E-state index is 5.85. The minimum Gasteiger partial charge on any atom is -0.399 e.